The van der Waals surface area contributed by atoms with Crippen molar-refractivity contribution in [2.45, 2.75) is 57.1 Å². The molecule has 0 spiro atoms. The first-order chi connectivity index (χ1) is 14.4. The van der Waals surface area contributed by atoms with Crippen LogP contribution in [0.1, 0.15) is 56.6 Å². The van der Waals surface area contributed by atoms with Crippen molar-refractivity contribution in [1.82, 2.24) is 4.90 Å². The Labute approximate surface area is 176 Å². The predicted molar refractivity (Wildman–Crippen MR) is 110 cm³/mol. The minimum absolute atomic E-state index is 0.0188. The van der Waals surface area contributed by atoms with E-state index < -0.39 is 5.91 Å². The van der Waals surface area contributed by atoms with Crippen molar-refractivity contribution < 1.29 is 23.9 Å². The van der Waals surface area contributed by atoms with Crippen LogP contribution in [0, 0.1) is 0 Å². The molecule has 3 aliphatic rings. The number of amides is 1. The first kappa shape index (κ1) is 20.6. The molecule has 2 aliphatic carbocycles. The average molecular weight is 412 g/mol. The molecule has 0 radical (unpaired) electrons. The van der Waals surface area contributed by atoms with Gasteiger partial charge in [-0.05, 0) is 49.0 Å². The highest BCUT2D eigenvalue weighted by Crippen LogP contribution is 2.39. The summed E-state index contributed by atoms with van der Waals surface area (Å²) in [4.78, 5) is 38.1. The van der Waals surface area contributed by atoms with Crippen LogP contribution in [0.5, 0.6) is 11.5 Å². The molecule has 2 N–H and O–H groups in total. The number of benzene rings is 1. The highest BCUT2D eigenvalue weighted by molar-refractivity contribution is 6.12. The van der Waals surface area contributed by atoms with Gasteiger partial charge in [0.05, 0.1) is 19.6 Å². The summed E-state index contributed by atoms with van der Waals surface area (Å²) in [6.07, 6.45) is 4.97. The van der Waals surface area contributed by atoms with Crippen LogP contribution in [0.25, 0.3) is 0 Å². The zero-order chi connectivity index (χ0) is 21.3. The Hall–Kier alpha value is -2.67. The largest absolute Gasteiger partial charge is 0.493 e. The van der Waals surface area contributed by atoms with Crippen molar-refractivity contribution in [1.29, 1.82) is 0 Å². The molecule has 1 heterocycles. The lowest BCUT2D eigenvalue weighted by molar-refractivity contribution is -0.125. The molecule has 1 saturated carbocycles. The molecule has 1 aromatic rings. The van der Waals surface area contributed by atoms with Gasteiger partial charge in [0.1, 0.15) is 5.78 Å². The van der Waals surface area contributed by atoms with Crippen LogP contribution in [-0.2, 0) is 14.4 Å². The molecule has 1 unspecified atom stereocenters. The van der Waals surface area contributed by atoms with Gasteiger partial charge in [-0.2, -0.15) is 0 Å². The van der Waals surface area contributed by atoms with Crippen LogP contribution >= 0.6 is 0 Å². The van der Waals surface area contributed by atoms with Crippen LogP contribution in [0.3, 0.4) is 0 Å². The standard InChI is InChI=1S/C23H28N2O5/c1-29-21-7-6-14(9-22(21)30-17-4-2-3-5-17)19(11-23(24)28)25-12-15-8-16(26)10-20(27)18(15)13-25/h6-7,9,17,19H,2-5,8,10-13H2,1H3,(H2,24,28). The molecule has 1 amide bonds. The first-order valence-corrected chi connectivity index (χ1v) is 10.6. The normalized spacial score (nSPS) is 21.1. The van der Waals surface area contributed by atoms with E-state index in [9.17, 15) is 14.4 Å². The number of carbonyl (C=O) groups is 3. The molecular weight excluding hydrogens is 384 g/mol. The topological polar surface area (TPSA) is 98.9 Å². The summed E-state index contributed by atoms with van der Waals surface area (Å²) in [6.45, 7) is 0.930. The van der Waals surface area contributed by atoms with Gasteiger partial charge in [0.15, 0.2) is 17.3 Å². The fourth-order valence-electron chi connectivity index (χ4n) is 4.79. The summed E-state index contributed by atoms with van der Waals surface area (Å²) >= 11 is 0. The number of rotatable bonds is 7. The molecule has 7 nitrogen and oxygen atoms in total. The first-order valence-electron chi connectivity index (χ1n) is 10.6. The number of primary amides is 1. The number of nitrogens with two attached hydrogens (primary N) is 1. The van der Waals surface area contributed by atoms with Crippen molar-refractivity contribution in [3.8, 4) is 11.5 Å². The van der Waals surface area contributed by atoms with E-state index >= 15 is 0 Å². The number of methoxy groups -OCH3 is 1. The smallest absolute Gasteiger partial charge is 0.219 e. The maximum atomic E-state index is 12.3. The fraction of sp³-hybridized carbons (Fsp3) is 0.522. The van der Waals surface area contributed by atoms with E-state index in [-0.39, 0.29) is 36.6 Å². The summed E-state index contributed by atoms with van der Waals surface area (Å²) in [7, 11) is 1.61. The van der Waals surface area contributed by atoms with Gasteiger partial charge in [0, 0.05) is 37.5 Å². The van der Waals surface area contributed by atoms with Crippen LogP contribution in [0.15, 0.2) is 29.3 Å². The van der Waals surface area contributed by atoms with Crippen LogP contribution in [0.4, 0.5) is 0 Å². The maximum absolute atomic E-state index is 12.3. The summed E-state index contributed by atoms with van der Waals surface area (Å²) in [5.41, 5.74) is 8.05. The molecule has 0 aromatic heterocycles. The lowest BCUT2D eigenvalue weighted by Gasteiger charge is -2.28. The third kappa shape index (κ3) is 4.26. The number of hydrogen-bond donors (Lipinski definition) is 1. The van der Waals surface area contributed by atoms with Gasteiger partial charge in [-0.15, -0.1) is 0 Å². The molecule has 1 aliphatic heterocycles. The van der Waals surface area contributed by atoms with E-state index in [1.807, 2.05) is 18.2 Å². The van der Waals surface area contributed by atoms with Gasteiger partial charge in [-0.25, -0.2) is 0 Å². The third-order valence-electron chi connectivity index (χ3n) is 6.29. The number of hydrogen-bond acceptors (Lipinski definition) is 6. The molecule has 1 aromatic carbocycles. The summed E-state index contributed by atoms with van der Waals surface area (Å²) in [5, 5.41) is 0. The lowest BCUT2D eigenvalue weighted by atomic mass is 9.92. The van der Waals surface area contributed by atoms with Gasteiger partial charge >= 0.3 is 0 Å². The van der Waals surface area contributed by atoms with E-state index in [4.69, 9.17) is 15.2 Å². The Morgan fingerprint density at radius 3 is 2.63 bits per heavy atom. The zero-order valence-electron chi connectivity index (χ0n) is 17.3. The average Bonchev–Trinajstić information content (AvgIpc) is 3.35. The van der Waals surface area contributed by atoms with Crippen LogP contribution < -0.4 is 15.2 Å². The molecular formula is C23H28N2O5. The van der Waals surface area contributed by atoms with E-state index in [2.05, 4.69) is 4.90 Å². The Kier molecular flexibility index (Phi) is 5.90. The summed E-state index contributed by atoms with van der Waals surface area (Å²) in [5.74, 6) is 0.772. The molecule has 4 rings (SSSR count). The molecule has 1 atom stereocenters. The Balaban J connectivity index is 1.60. The molecule has 160 valence electrons. The number of nitrogens with zero attached hydrogens (tertiary/aromatic N) is 1. The van der Waals surface area contributed by atoms with E-state index in [1.165, 1.54) is 0 Å². The maximum Gasteiger partial charge on any atom is 0.219 e. The van der Waals surface area contributed by atoms with Crippen molar-refractivity contribution >= 4 is 17.5 Å². The molecule has 0 bridgehead atoms. The Morgan fingerprint density at radius 1 is 1.17 bits per heavy atom. The second-order valence-electron chi connectivity index (χ2n) is 8.42. The van der Waals surface area contributed by atoms with E-state index in [0.717, 1.165) is 42.4 Å². The van der Waals surface area contributed by atoms with Crippen molar-refractivity contribution in [3.63, 3.8) is 0 Å². The molecule has 30 heavy (non-hydrogen) atoms. The van der Waals surface area contributed by atoms with Crippen LogP contribution in [-0.4, -0.2) is 48.7 Å². The van der Waals surface area contributed by atoms with Crippen molar-refractivity contribution in [2.75, 3.05) is 20.2 Å². The highest BCUT2D eigenvalue weighted by Gasteiger charge is 2.36. The number of Topliss-reactive ketones (excluding diaryl/α,β-unsaturated/α-hetero) is 2. The van der Waals surface area contributed by atoms with Crippen LogP contribution in [0.2, 0.25) is 0 Å². The van der Waals surface area contributed by atoms with Crippen molar-refractivity contribution in [3.05, 3.63) is 34.9 Å². The minimum atomic E-state index is -0.415. The van der Waals surface area contributed by atoms with E-state index in [1.54, 1.807) is 7.11 Å². The summed E-state index contributed by atoms with van der Waals surface area (Å²) < 4.78 is 11.7. The number of carbonyl (C=O) groups excluding carboxylic acids is 3. The third-order valence-corrected chi connectivity index (χ3v) is 6.29. The molecule has 7 heteroatoms. The second-order valence-corrected chi connectivity index (χ2v) is 8.42. The highest BCUT2D eigenvalue weighted by atomic mass is 16.5. The monoisotopic (exact) mass is 412 g/mol. The van der Waals surface area contributed by atoms with Gasteiger partial charge in [0.2, 0.25) is 5.91 Å². The van der Waals surface area contributed by atoms with Gasteiger partial charge in [-0.3, -0.25) is 19.3 Å². The Bertz CT molecular complexity index is 901. The predicted octanol–water partition coefficient (Wildman–Crippen LogP) is 2.48. The van der Waals surface area contributed by atoms with Gasteiger partial charge < -0.3 is 15.2 Å². The Morgan fingerprint density at radius 2 is 1.93 bits per heavy atom. The zero-order valence-corrected chi connectivity index (χ0v) is 17.3. The quantitative estimate of drug-likeness (QED) is 0.691. The number of ketones is 2. The van der Waals surface area contributed by atoms with E-state index in [0.29, 0.717) is 31.0 Å². The SMILES string of the molecule is COc1ccc(C(CC(N)=O)N2CC3=C(C2)C(=O)CC(=O)C3)cc1OC1CCCC1. The fourth-order valence-corrected chi connectivity index (χ4v) is 4.79. The summed E-state index contributed by atoms with van der Waals surface area (Å²) in [6, 6.07) is 5.40. The second kappa shape index (κ2) is 8.60. The molecule has 1 fully saturated rings. The number of ether oxygens (including phenoxy) is 2. The molecule has 0 saturated heterocycles. The van der Waals surface area contributed by atoms with Gasteiger partial charge in [0.25, 0.3) is 0 Å². The lowest BCUT2D eigenvalue weighted by Crippen LogP contribution is -2.31. The minimum Gasteiger partial charge on any atom is -0.493 e. The van der Waals surface area contributed by atoms with Crippen molar-refractivity contribution in [2.24, 2.45) is 5.73 Å². The van der Waals surface area contributed by atoms with Gasteiger partial charge in [-0.1, -0.05) is 6.07 Å².